The molecule has 0 aliphatic heterocycles. The molecule has 3 aromatic rings. The van der Waals surface area contributed by atoms with Gasteiger partial charge in [-0.15, -0.1) is 0 Å². The highest BCUT2D eigenvalue weighted by Crippen LogP contribution is 2.22. The lowest BCUT2D eigenvalue weighted by Crippen LogP contribution is -2.32. The van der Waals surface area contributed by atoms with Crippen LogP contribution < -0.4 is 10.5 Å². The van der Waals surface area contributed by atoms with Crippen LogP contribution in [0.5, 0.6) is 5.75 Å². The van der Waals surface area contributed by atoms with Crippen LogP contribution in [0.1, 0.15) is 33.5 Å². The molecule has 0 aliphatic rings. The zero-order chi connectivity index (χ0) is 20.5. The molecule has 3 aromatic carbocycles. The molecule has 0 atom stereocenters. The zero-order valence-electron chi connectivity index (χ0n) is 16.9. The van der Waals surface area contributed by atoms with Gasteiger partial charge in [0.05, 0.1) is 5.56 Å². The van der Waals surface area contributed by atoms with Crippen molar-refractivity contribution < 1.29 is 9.53 Å². The van der Waals surface area contributed by atoms with Crippen molar-refractivity contribution in [3.05, 3.63) is 101 Å². The summed E-state index contributed by atoms with van der Waals surface area (Å²) in [6.07, 6.45) is 0.755. The summed E-state index contributed by atoms with van der Waals surface area (Å²) in [4.78, 5) is 15.2. The summed E-state index contributed by atoms with van der Waals surface area (Å²) in [5, 5.41) is 0. The molecule has 0 saturated carbocycles. The summed E-state index contributed by atoms with van der Waals surface area (Å²) in [5.74, 6) is 0.561. The normalized spacial score (nSPS) is 10.6. The number of carbonyl (C=O) groups excluding carboxylic acids is 1. The molecule has 0 radical (unpaired) electrons. The quantitative estimate of drug-likeness (QED) is 0.584. The van der Waals surface area contributed by atoms with E-state index in [0.717, 1.165) is 17.5 Å². The van der Waals surface area contributed by atoms with Gasteiger partial charge in [0.25, 0.3) is 5.91 Å². The Morgan fingerprint density at radius 3 is 2.31 bits per heavy atom. The molecule has 4 heteroatoms. The Balaban J connectivity index is 1.78. The second-order valence-corrected chi connectivity index (χ2v) is 7.12. The first-order valence-electron chi connectivity index (χ1n) is 9.98. The van der Waals surface area contributed by atoms with E-state index < -0.39 is 0 Å². The van der Waals surface area contributed by atoms with E-state index in [4.69, 9.17) is 10.5 Å². The van der Waals surface area contributed by atoms with Crippen LogP contribution in [0.25, 0.3) is 0 Å². The van der Waals surface area contributed by atoms with E-state index >= 15 is 0 Å². The Bertz CT molecular complexity index is 908. The van der Waals surface area contributed by atoms with E-state index in [0.29, 0.717) is 37.6 Å². The lowest BCUT2D eigenvalue weighted by atomic mass is 10.1. The summed E-state index contributed by atoms with van der Waals surface area (Å²) < 4.78 is 5.99. The predicted octanol–water partition coefficient (Wildman–Crippen LogP) is 4.57. The van der Waals surface area contributed by atoms with Crippen molar-refractivity contribution in [3.8, 4) is 5.75 Å². The molecular formula is C25H28N2O2. The van der Waals surface area contributed by atoms with Gasteiger partial charge in [0.2, 0.25) is 0 Å². The van der Waals surface area contributed by atoms with Crippen LogP contribution in [0.2, 0.25) is 0 Å². The number of hydrogen-bond donors (Lipinski definition) is 1. The zero-order valence-corrected chi connectivity index (χ0v) is 16.9. The highest BCUT2D eigenvalue weighted by molar-refractivity contribution is 5.96. The fraction of sp³-hybridized carbons (Fsp3) is 0.240. The predicted molar refractivity (Wildman–Crippen MR) is 117 cm³/mol. The number of aryl methyl sites for hydroxylation is 1. The van der Waals surface area contributed by atoms with Gasteiger partial charge in [-0.3, -0.25) is 4.79 Å². The SMILES string of the molecule is Cc1ccc(CN(CCCN)C(=O)c2ccccc2OCc2ccccc2)cc1. The number of benzene rings is 3. The van der Waals surface area contributed by atoms with Gasteiger partial charge in [-0.2, -0.15) is 0 Å². The van der Waals surface area contributed by atoms with Crippen LogP contribution in [-0.4, -0.2) is 23.9 Å². The highest BCUT2D eigenvalue weighted by atomic mass is 16.5. The fourth-order valence-electron chi connectivity index (χ4n) is 3.12. The molecule has 4 nitrogen and oxygen atoms in total. The van der Waals surface area contributed by atoms with Gasteiger partial charge in [-0.25, -0.2) is 0 Å². The summed E-state index contributed by atoms with van der Waals surface area (Å²) in [7, 11) is 0. The second kappa shape index (κ2) is 10.4. The molecule has 0 spiro atoms. The van der Waals surface area contributed by atoms with Crippen LogP contribution in [0.3, 0.4) is 0 Å². The molecule has 0 fully saturated rings. The van der Waals surface area contributed by atoms with Crippen molar-refractivity contribution in [2.45, 2.75) is 26.5 Å². The molecule has 0 aromatic heterocycles. The third kappa shape index (κ3) is 5.93. The molecule has 0 unspecified atom stereocenters. The van der Waals surface area contributed by atoms with Gasteiger partial charge < -0.3 is 15.4 Å². The minimum absolute atomic E-state index is 0.0392. The van der Waals surface area contributed by atoms with Gasteiger partial charge in [0, 0.05) is 13.1 Å². The molecular weight excluding hydrogens is 360 g/mol. The maximum atomic E-state index is 13.4. The van der Waals surface area contributed by atoms with Gasteiger partial charge in [-0.1, -0.05) is 72.3 Å². The summed E-state index contributed by atoms with van der Waals surface area (Å²) in [5.41, 5.74) is 9.65. The van der Waals surface area contributed by atoms with Crippen molar-refractivity contribution in [3.63, 3.8) is 0 Å². The minimum atomic E-state index is -0.0392. The molecule has 1 amide bonds. The summed E-state index contributed by atoms with van der Waals surface area (Å²) in [6, 6.07) is 25.7. The Kier molecular flexibility index (Phi) is 7.42. The Morgan fingerprint density at radius 2 is 1.59 bits per heavy atom. The van der Waals surface area contributed by atoms with E-state index in [1.165, 1.54) is 5.56 Å². The van der Waals surface area contributed by atoms with Gasteiger partial charge >= 0.3 is 0 Å². The number of amides is 1. The van der Waals surface area contributed by atoms with Crippen molar-refractivity contribution in [1.82, 2.24) is 4.90 Å². The number of carbonyl (C=O) groups is 1. The second-order valence-electron chi connectivity index (χ2n) is 7.12. The lowest BCUT2D eigenvalue weighted by molar-refractivity contribution is 0.0737. The lowest BCUT2D eigenvalue weighted by Gasteiger charge is -2.24. The van der Waals surface area contributed by atoms with E-state index in [1.54, 1.807) is 0 Å². The van der Waals surface area contributed by atoms with Crippen LogP contribution in [-0.2, 0) is 13.2 Å². The third-order valence-electron chi connectivity index (χ3n) is 4.77. The maximum absolute atomic E-state index is 13.4. The minimum Gasteiger partial charge on any atom is -0.488 e. The third-order valence-corrected chi connectivity index (χ3v) is 4.77. The first-order chi connectivity index (χ1) is 14.2. The molecule has 0 heterocycles. The van der Waals surface area contributed by atoms with Crippen molar-refractivity contribution in [1.29, 1.82) is 0 Å². The van der Waals surface area contributed by atoms with Crippen LogP contribution in [0.15, 0.2) is 78.9 Å². The van der Waals surface area contributed by atoms with Crippen molar-refractivity contribution >= 4 is 5.91 Å². The van der Waals surface area contributed by atoms with Crippen molar-refractivity contribution in [2.24, 2.45) is 5.73 Å². The molecule has 2 N–H and O–H groups in total. The molecule has 150 valence electrons. The number of nitrogens with zero attached hydrogens (tertiary/aromatic N) is 1. The number of rotatable bonds is 9. The molecule has 0 aliphatic carbocycles. The van der Waals surface area contributed by atoms with E-state index in [2.05, 4.69) is 31.2 Å². The summed E-state index contributed by atoms with van der Waals surface area (Å²) >= 11 is 0. The molecule has 29 heavy (non-hydrogen) atoms. The Hall–Kier alpha value is -3.11. The number of para-hydroxylation sites is 1. The van der Waals surface area contributed by atoms with Crippen molar-refractivity contribution in [2.75, 3.05) is 13.1 Å². The fourth-order valence-corrected chi connectivity index (χ4v) is 3.12. The van der Waals surface area contributed by atoms with Gasteiger partial charge in [0.1, 0.15) is 12.4 Å². The average molecular weight is 389 g/mol. The largest absolute Gasteiger partial charge is 0.488 e. The topological polar surface area (TPSA) is 55.6 Å². The van der Waals surface area contributed by atoms with Crippen LogP contribution >= 0.6 is 0 Å². The standard InChI is InChI=1S/C25H28N2O2/c1-20-12-14-21(15-13-20)18-27(17-7-16-26)25(28)23-10-5-6-11-24(23)29-19-22-8-3-2-4-9-22/h2-6,8-15H,7,16-19,26H2,1H3. The summed E-state index contributed by atoms with van der Waals surface area (Å²) in [6.45, 7) is 4.18. The smallest absolute Gasteiger partial charge is 0.257 e. The van der Waals surface area contributed by atoms with E-state index in [9.17, 15) is 4.79 Å². The average Bonchev–Trinajstić information content (AvgIpc) is 2.77. The van der Waals surface area contributed by atoms with E-state index in [-0.39, 0.29) is 5.91 Å². The highest BCUT2D eigenvalue weighted by Gasteiger charge is 2.19. The maximum Gasteiger partial charge on any atom is 0.257 e. The van der Waals surface area contributed by atoms with Gasteiger partial charge in [-0.05, 0) is 43.1 Å². The number of nitrogens with two attached hydrogens (primary N) is 1. The number of hydrogen-bond acceptors (Lipinski definition) is 3. The van der Waals surface area contributed by atoms with E-state index in [1.807, 2.05) is 59.5 Å². The Labute approximate surface area is 172 Å². The Morgan fingerprint density at radius 1 is 0.897 bits per heavy atom. The first kappa shape index (κ1) is 20.6. The monoisotopic (exact) mass is 388 g/mol. The van der Waals surface area contributed by atoms with Crippen LogP contribution in [0, 0.1) is 6.92 Å². The first-order valence-corrected chi connectivity index (χ1v) is 9.98. The molecule has 0 saturated heterocycles. The molecule has 0 bridgehead atoms. The molecule has 3 rings (SSSR count). The van der Waals surface area contributed by atoms with Crippen LogP contribution in [0.4, 0.5) is 0 Å². The van der Waals surface area contributed by atoms with Gasteiger partial charge in [0.15, 0.2) is 0 Å². The number of ether oxygens (including phenoxy) is 1.